The van der Waals surface area contributed by atoms with Crippen molar-refractivity contribution in [1.82, 2.24) is 4.90 Å². The van der Waals surface area contributed by atoms with E-state index in [-0.39, 0.29) is 12.1 Å². The molecule has 0 heterocycles. The molecule has 2 rings (SSSR count). The fourth-order valence-electron chi connectivity index (χ4n) is 2.23. The van der Waals surface area contributed by atoms with Crippen LogP contribution in [0.2, 0.25) is 0 Å². The fraction of sp³-hybridized carbons (Fsp3) is 0.222. The number of halogens is 3. The highest BCUT2D eigenvalue weighted by atomic mass is 79.9. The summed E-state index contributed by atoms with van der Waals surface area (Å²) in [7, 11) is 1.52. The Morgan fingerprint density at radius 1 is 1.16 bits per heavy atom. The molecule has 1 amide bonds. The van der Waals surface area contributed by atoms with E-state index in [9.17, 15) is 18.4 Å². The number of benzene rings is 2. The highest BCUT2D eigenvalue weighted by Crippen LogP contribution is 2.19. The average Bonchev–Trinajstić information content (AvgIpc) is 2.56. The third kappa shape index (κ3) is 5.09. The number of amides is 1. The Morgan fingerprint density at radius 3 is 2.52 bits per heavy atom. The largest absolute Gasteiger partial charge is 0.449 e. The van der Waals surface area contributed by atoms with Crippen molar-refractivity contribution < 1.29 is 23.1 Å². The molecule has 0 aromatic heterocycles. The number of likely N-dealkylation sites (N-methyl/N-ethyl adjacent to an activating group) is 1. The van der Waals surface area contributed by atoms with Crippen LogP contribution in [0.1, 0.15) is 22.8 Å². The van der Waals surface area contributed by atoms with Gasteiger partial charge in [0.2, 0.25) is 0 Å². The van der Waals surface area contributed by atoms with Crippen molar-refractivity contribution in [3.05, 3.63) is 69.7 Å². The highest BCUT2D eigenvalue weighted by Gasteiger charge is 2.23. The molecule has 0 bridgehead atoms. The molecule has 4 nitrogen and oxygen atoms in total. The van der Waals surface area contributed by atoms with Gasteiger partial charge in [-0.1, -0.05) is 12.1 Å². The van der Waals surface area contributed by atoms with Crippen molar-refractivity contribution in [2.45, 2.75) is 19.6 Å². The molecule has 7 heteroatoms. The molecule has 132 valence electrons. The molecule has 0 N–H and O–H groups in total. The molecule has 0 saturated heterocycles. The molecule has 1 atom stereocenters. The first-order valence-electron chi connectivity index (χ1n) is 7.43. The lowest BCUT2D eigenvalue weighted by molar-refractivity contribution is -0.139. The van der Waals surface area contributed by atoms with Gasteiger partial charge < -0.3 is 9.64 Å². The van der Waals surface area contributed by atoms with Gasteiger partial charge in [-0.15, -0.1) is 0 Å². The van der Waals surface area contributed by atoms with Crippen molar-refractivity contribution in [3.63, 3.8) is 0 Å². The second kappa shape index (κ2) is 8.20. The summed E-state index contributed by atoms with van der Waals surface area (Å²) >= 11 is 3.14. The highest BCUT2D eigenvalue weighted by molar-refractivity contribution is 9.10. The Labute approximate surface area is 152 Å². The molecule has 0 aliphatic rings. The van der Waals surface area contributed by atoms with Crippen LogP contribution in [-0.4, -0.2) is 29.9 Å². The number of carbonyl (C=O) groups is 2. The van der Waals surface area contributed by atoms with E-state index in [4.69, 9.17) is 4.74 Å². The summed E-state index contributed by atoms with van der Waals surface area (Å²) in [5, 5.41) is 0. The monoisotopic (exact) mass is 411 g/mol. The van der Waals surface area contributed by atoms with Gasteiger partial charge in [-0.25, -0.2) is 13.6 Å². The van der Waals surface area contributed by atoms with Crippen molar-refractivity contribution in [1.29, 1.82) is 0 Å². The van der Waals surface area contributed by atoms with E-state index < -0.39 is 29.6 Å². The van der Waals surface area contributed by atoms with Gasteiger partial charge in [-0.2, -0.15) is 0 Å². The summed E-state index contributed by atoms with van der Waals surface area (Å²) in [5.74, 6) is -2.25. The molecule has 0 aliphatic heterocycles. The molecular weight excluding hydrogens is 396 g/mol. The van der Waals surface area contributed by atoms with Gasteiger partial charge in [0.25, 0.3) is 5.91 Å². The standard InChI is InChI=1S/C18H16BrF2NO3/c1-11(25-18(24)15-9-14(21)6-7-16(15)19)17(23)22(2)10-12-4-3-5-13(20)8-12/h3-9,11H,10H2,1-2H3. The predicted molar refractivity (Wildman–Crippen MR) is 91.9 cm³/mol. The van der Waals surface area contributed by atoms with Crippen molar-refractivity contribution >= 4 is 27.8 Å². The van der Waals surface area contributed by atoms with Gasteiger partial charge >= 0.3 is 5.97 Å². The van der Waals surface area contributed by atoms with E-state index >= 15 is 0 Å². The van der Waals surface area contributed by atoms with Crippen LogP contribution in [0, 0.1) is 11.6 Å². The normalized spacial score (nSPS) is 11.7. The number of hydrogen-bond acceptors (Lipinski definition) is 3. The molecule has 2 aromatic rings. The van der Waals surface area contributed by atoms with E-state index in [0.29, 0.717) is 10.0 Å². The number of nitrogens with zero attached hydrogens (tertiary/aromatic N) is 1. The van der Waals surface area contributed by atoms with Gasteiger partial charge in [0.05, 0.1) is 5.56 Å². The van der Waals surface area contributed by atoms with Crippen molar-refractivity contribution in [2.75, 3.05) is 7.05 Å². The number of esters is 1. The number of ether oxygens (including phenoxy) is 1. The van der Waals surface area contributed by atoms with E-state index in [2.05, 4.69) is 15.9 Å². The van der Waals surface area contributed by atoms with Crippen molar-refractivity contribution in [2.24, 2.45) is 0 Å². The third-order valence-corrected chi connectivity index (χ3v) is 4.16. The van der Waals surface area contributed by atoms with E-state index in [1.807, 2.05) is 0 Å². The van der Waals surface area contributed by atoms with Crippen LogP contribution in [0.4, 0.5) is 8.78 Å². The smallest absolute Gasteiger partial charge is 0.340 e. The van der Waals surface area contributed by atoms with Crippen molar-refractivity contribution in [3.8, 4) is 0 Å². The van der Waals surface area contributed by atoms with Crippen LogP contribution in [-0.2, 0) is 16.1 Å². The number of rotatable bonds is 5. The SMILES string of the molecule is CC(OC(=O)c1cc(F)ccc1Br)C(=O)N(C)Cc1cccc(F)c1. The van der Waals surface area contributed by atoms with Gasteiger partial charge in [0.15, 0.2) is 6.10 Å². The Bertz CT molecular complexity index is 798. The predicted octanol–water partition coefficient (Wildman–Crippen LogP) is 3.93. The molecule has 0 aliphatic carbocycles. The maximum Gasteiger partial charge on any atom is 0.340 e. The van der Waals surface area contributed by atoms with Crippen LogP contribution in [0.25, 0.3) is 0 Å². The zero-order valence-corrected chi connectivity index (χ0v) is 15.2. The Morgan fingerprint density at radius 2 is 1.84 bits per heavy atom. The molecule has 0 fully saturated rings. The van der Waals surface area contributed by atoms with Crippen LogP contribution in [0.5, 0.6) is 0 Å². The quantitative estimate of drug-likeness (QED) is 0.700. The Hall–Kier alpha value is -2.28. The third-order valence-electron chi connectivity index (χ3n) is 3.46. The maximum atomic E-state index is 13.3. The van der Waals surface area contributed by atoms with E-state index in [1.54, 1.807) is 12.1 Å². The minimum absolute atomic E-state index is 0.00701. The summed E-state index contributed by atoms with van der Waals surface area (Å²) < 4.78 is 32.0. The summed E-state index contributed by atoms with van der Waals surface area (Å²) in [6.07, 6.45) is -1.07. The second-order valence-electron chi connectivity index (χ2n) is 5.50. The van der Waals surface area contributed by atoms with Gasteiger partial charge in [-0.05, 0) is 58.7 Å². The molecule has 0 saturated carbocycles. The molecule has 2 aromatic carbocycles. The van der Waals surface area contributed by atoms with Gasteiger partial charge in [0, 0.05) is 18.1 Å². The van der Waals surface area contributed by atoms with Crippen LogP contribution >= 0.6 is 15.9 Å². The lowest BCUT2D eigenvalue weighted by Crippen LogP contribution is -2.37. The van der Waals surface area contributed by atoms with E-state index in [1.165, 1.54) is 43.1 Å². The zero-order chi connectivity index (χ0) is 18.6. The van der Waals surface area contributed by atoms with Gasteiger partial charge in [0.1, 0.15) is 11.6 Å². The maximum absolute atomic E-state index is 13.3. The summed E-state index contributed by atoms with van der Waals surface area (Å²) in [4.78, 5) is 25.8. The molecule has 1 unspecified atom stereocenters. The second-order valence-corrected chi connectivity index (χ2v) is 6.35. The van der Waals surface area contributed by atoms with E-state index in [0.717, 1.165) is 6.07 Å². The first kappa shape index (κ1) is 19.1. The molecule has 25 heavy (non-hydrogen) atoms. The molecule has 0 radical (unpaired) electrons. The zero-order valence-electron chi connectivity index (χ0n) is 13.6. The Kier molecular flexibility index (Phi) is 6.25. The average molecular weight is 412 g/mol. The summed E-state index contributed by atoms with van der Waals surface area (Å²) in [6, 6.07) is 9.48. The lowest BCUT2D eigenvalue weighted by atomic mass is 10.2. The molecule has 0 spiro atoms. The fourth-order valence-corrected chi connectivity index (χ4v) is 2.63. The summed E-state index contributed by atoms with van der Waals surface area (Å²) in [5.41, 5.74) is 0.606. The van der Waals surface area contributed by atoms with Crippen LogP contribution in [0.3, 0.4) is 0 Å². The van der Waals surface area contributed by atoms with Gasteiger partial charge in [-0.3, -0.25) is 4.79 Å². The van der Waals surface area contributed by atoms with Crippen LogP contribution in [0.15, 0.2) is 46.9 Å². The van der Waals surface area contributed by atoms with Crippen LogP contribution < -0.4 is 0 Å². The molecular formula is C18H16BrF2NO3. The number of carbonyl (C=O) groups excluding carboxylic acids is 2. The topological polar surface area (TPSA) is 46.6 Å². The first-order chi connectivity index (χ1) is 11.8. The number of hydrogen-bond donors (Lipinski definition) is 0. The minimum atomic E-state index is -1.07. The first-order valence-corrected chi connectivity index (χ1v) is 8.22. The minimum Gasteiger partial charge on any atom is -0.449 e. The Balaban J connectivity index is 2.01. The summed E-state index contributed by atoms with van der Waals surface area (Å²) in [6.45, 7) is 1.59. The lowest BCUT2D eigenvalue weighted by Gasteiger charge is -2.21.